The zero-order valence-electron chi connectivity index (χ0n) is 11.4. The second kappa shape index (κ2) is 43.7. The van der Waals surface area contributed by atoms with E-state index in [-0.39, 0.29) is 0 Å². The van der Waals surface area contributed by atoms with Crippen LogP contribution in [-0.4, -0.2) is 35.1 Å². The van der Waals surface area contributed by atoms with Crippen molar-refractivity contribution in [2.24, 2.45) is 0 Å². The molecule has 0 aromatic carbocycles. The third kappa shape index (κ3) is 79.6. The number of unbranched alkanes of at least 4 members (excludes halogenated alkanes) is 3. The van der Waals surface area contributed by atoms with Gasteiger partial charge in [-0.3, -0.25) is 0 Å². The van der Waals surface area contributed by atoms with Crippen LogP contribution in [0.1, 0.15) is 59.3 Å². The van der Waals surface area contributed by atoms with Crippen LogP contribution in [0.2, 0.25) is 0 Å². The van der Waals surface area contributed by atoms with E-state index in [1.54, 1.807) is 0 Å². The Morgan fingerprint density at radius 1 is 0.647 bits per heavy atom. The maximum atomic E-state index is 8.07. The van der Waals surface area contributed by atoms with Crippen LogP contribution in [0.5, 0.6) is 0 Å². The van der Waals surface area contributed by atoms with E-state index in [1.807, 2.05) is 17.3 Å². The topological polar surface area (TPSA) is 60.7 Å². The third-order valence-corrected chi connectivity index (χ3v) is 1.54. The summed E-state index contributed by atoms with van der Waals surface area (Å²) in [4.78, 5) is 0. The summed E-state index contributed by atoms with van der Waals surface area (Å²) < 4.78 is 0. The van der Waals surface area contributed by atoms with Crippen LogP contribution in [0.25, 0.3) is 0 Å². The van der Waals surface area contributed by atoms with Gasteiger partial charge in [-0.25, -0.2) is 0 Å². The molecule has 0 saturated carbocycles. The van der Waals surface area contributed by atoms with Crippen molar-refractivity contribution in [1.82, 2.24) is 0 Å². The predicted octanol–water partition coefficient (Wildman–Crippen LogP) is 3.02. The third-order valence-electron chi connectivity index (χ3n) is 1.54. The molecule has 0 aromatic rings. The molecule has 0 bridgehead atoms. The molecular formula is C12H30ClO3Ru. The first-order chi connectivity index (χ1) is 8.24. The van der Waals surface area contributed by atoms with Crippen LogP contribution in [-0.2, 0) is 17.3 Å². The minimum absolute atomic E-state index is 0.344. The molecule has 17 heavy (non-hydrogen) atoms. The van der Waals surface area contributed by atoms with Gasteiger partial charge in [-0.15, -0.1) is 0 Å². The Hall–Kier alpha value is 0.793. The summed E-state index contributed by atoms with van der Waals surface area (Å²) >= 11 is 1.82. The van der Waals surface area contributed by atoms with Crippen molar-refractivity contribution in [3.63, 3.8) is 0 Å². The molecule has 111 valence electrons. The predicted molar refractivity (Wildman–Crippen MR) is 71.8 cm³/mol. The first-order valence-electron chi connectivity index (χ1n) is 6.20. The fourth-order valence-corrected chi connectivity index (χ4v) is 0.474. The van der Waals surface area contributed by atoms with Crippen molar-refractivity contribution < 1.29 is 32.6 Å². The summed E-state index contributed by atoms with van der Waals surface area (Å²) in [5.74, 6) is 0. The molecule has 0 unspecified atom stereocenters. The summed E-state index contributed by atoms with van der Waals surface area (Å²) in [5, 5.41) is 24.2. The first kappa shape index (κ1) is 26.4. The van der Waals surface area contributed by atoms with Crippen LogP contribution in [0.3, 0.4) is 0 Å². The van der Waals surface area contributed by atoms with Crippen molar-refractivity contribution >= 4 is 9.69 Å². The molecule has 0 radical (unpaired) electrons. The van der Waals surface area contributed by atoms with E-state index in [9.17, 15) is 0 Å². The molecule has 0 rings (SSSR count). The molecule has 0 atom stereocenters. The molecule has 0 aliphatic rings. The fraction of sp³-hybridized carbons (Fsp3) is 1.00. The van der Waals surface area contributed by atoms with E-state index in [2.05, 4.69) is 30.5 Å². The van der Waals surface area contributed by atoms with Gasteiger partial charge in [0.25, 0.3) is 0 Å². The average molecular weight is 359 g/mol. The van der Waals surface area contributed by atoms with Crippen LogP contribution in [0.15, 0.2) is 0 Å². The van der Waals surface area contributed by atoms with E-state index in [0.29, 0.717) is 19.8 Å². The average Bonchev–Trinajstić information content (AvgIpc) is 2.36. The van der Waals surface area contributed by atoms with Crippen LogP contribution in [0, 0.1) is 0 Å². The Morgan fingerprint density at radius 3 is 0.824 bits per heavy atom. The normalized spacial score (nSPS) is 7.76. The summed E-state index contributed by atoms with van der Waals surface area (Å²) in [6.45, 7) is 7.19. The van der Waals surface area contributed by atoms with Crippen molar-refractivity contribution in [2.75, 3.05) is 19.8 Å². The van der Waals surface area contributed by atoms with E-state index in [1.165, 1.54) is 0 Å². The number of hydrogen-bond donors (Lipinski definition) is 3. The SMILES string of the molecule is CCCCO.CCCCO.CCCCO.[Cl][Ru]. The van der Waals surface area contributed by atoms with Crippen molar-refractivity contribution in [2.45, 2.75) is 59.3 Å². The Bertz CT molecular complexity index is 58.5. The second-order valence-electron chi connectivity index (χ2n) is 3.23. The quantitative estimate of drug-likeness (QED) is 0.640. The number of halogens is 1. The van der Waals surface area contributed by atoms with Gasteiger partial charge in [0, 0.05) is 19.8 Å². The van der Waals surface area contributed by atoms with Crippen molar-refractivity contribution in [3.05, 3.63) is 0 Å². The van der Waals surface area contributed by atoms with E-state index >= 15 is 0 Å². The van der Waals surface area contributed by atoms with Crippen molar-refractivity contribution in [1.29, 1.82) is 0 Å². The number of rotatable bonds is 6. The van der Waals surface area contributed by atoms with Crippen LogP contribution < -0.4 is 0 Å². The summed E-state index contributed by atoms with van der Waals surface area (Å²) in [6, 6.07) is 0. The first-order valence-corrected chi connectivity index (χ1v) is 8.44. The fourth-order valence-electron chi connectivity index (χ4n) is 0.474. The molecule has 0 amide bonds. The zero-order chi connectivity index (χ0) is 14.4. The van der Waals surface area contributed by atoms with E-state index in [4.69, 9.17) is 15.3 Å². The van der Waals surface area contributed by atoms with Gasteiger partial charge in [0.05, 0.1) is 0 Å². The maximum absolute atomic E-state index is 8.07. The molecular weight excluding hydrogens is 329 g/mol. The zero-order valence-corrected chi connectivity index (χ0v) is 13.9. The Labute approximate surface area is 121 Å². The number of aliphatic hydroxyl groups is 3. The monoisotopic (exact) mass is 359 g/mol. The standard InChI is InChI=1S/3C4H10O.ClH.Ru/c3*1-2-3-4-5;;/h3*5H,2-4H2,1H3;1H;/q;;;;+1/p-1. The van der Waals surface area contributed by atoms with Crippen LogP contribution in [0.4, 0.5) is 0 Å². The summed E-state index contributed by atoms with van der Waals surface area (Å²) in [5.41, 5.74) is 0. The molecule has 0 aromatic heterocycles. The second-order valence-corrected chi connectivity index (χ2v) is 3.23. The van der Waals surface area contributed by atoms with E-state index in [0.717, 1.165) is 38.5 Å². The molecule has 0 heterocycles. The Kier molecular flexibility index (Phi) is 67.8. The van der Waals surface area contributed by atoms with Crippen molar-refractivity contribution in [3.8, 4) is 0 Å². The molecule has 0 fully saturated rings. The van der Waals surface area contributed by atoms with E-state index < -0.39 is 0 Å². The molecule has 3 N–H and O–H groups in total. The van der Waals surface area contributed by atoms with Gasteiger partial charge in [0.1, 0.15) is 0 Å². The summed E-state index contributed by atoms with van der Waals surface area (Å²) in [7, 11) is 4.57. The van der Waals surface area contributed by atoms with Gasteiger partial charge < -0.3 is 15.3 Å². The van der Waals surface area contributed by atoms with Gasteiger partial charge in [-0.05, 0) is 19.3 Å². The number of hydrogen-bond acceptors (Lipinski definition) is 3. The molecule has 0 spiro atoms. The van der Waals surface area contributed by atoms with Gasteiger partial charge >= 0.3 is 27.0 Å². The molecule has 0 saturated heterocycles. The minimum atomic E-state index is 0.344. The molecule has 3 nitrogen and oxygen atoms in total. The van der Waals surface area contributed by atoms with Crippen LogP contribution >= 0.6 is 9.69 Å². The molecule has 0 aliphatic carbocycles. The van der Waals surface area contributed by atoms with Gasteiger partial charge in [-0.1, -0.05) is 40.0 Å². The number of aliphatic hydroxyl groups excluding tert-OH is 3. The Morgan fingerprint density at radius 2 is 0.824 bits per heavy atom. The molecule has 5 heteroatoms. The van der Waals surface area contributed by atoms with Gasteiger partial charge in [0.15, 0.2) is 0 Å². The Balaban J connectivity index is -0.0000000693. The van der Waals surface area contributed by atoms with Gasteiger partial charge in [-0.2, -0.15) is 0 Å². The summed E-state index contributed by atoms with van der Waals surface area (Å²) in [6.07, 6.45) is 6.11. The van der Waals surface area contributed by atoms with Gasteiger partial charge in [0.2, 0.25) is 0 Å². The molecule has 0 aliphatic heterocycles.